The lowest BCUT2D eigenvalue weighted by atomic mass is 9.84. The maximum Gasteiger partial charge on any atom is 0.239 e. The van der Waals surface area contributed by atoms with E-state index < -0.39 is 0 Å². The third-order valence-corrected chi connectivity index (χ3v) is 15.6. The van der Waals surface area contributed by atoms with Gasteiger partial charge in [-0.1, -0.05) is 189 Å². The molecule has 0 bridgehead atoms. The molecule has 9 aromatic carbocycles. The van der Waals surface area contributed by atoms with Crippen LogP contribution in [0.1, 0.15) is 25.8 Å². The van der Waals surface area contributed by atoms with Crippen LogP contribution in [0.25, 0.3) is 0 Å². The van der Waals surface area contributed by atoms with Crippen molar-refractivity contribution < 1.29 is 0 Å². The molecule has 2 aliphatic rings. The summed E-state index contributed by atoms with van der Waals surface area (Å²) in [4.78, 5) is 26.9. The van der Waals surface area contributed by atoms with Gasteiger partial charge in [-0.25, -0.2) is 9.97 Å². The van der Waals surface area contributed by atoms with E-state index in [0.717, 1.165) is 75.4 Å². The summed E-state index contributed by atoms with van der Waals surface area (Å²) >= 11 is 0. The Hall–Kier alpha value is -10.3. The molecular formula is C73H65N9. The van der Waals surface area contributed by atoms with Gasteiger partial charge in [-0.2, -0.15) is 4.98 Å². The molecule has 10 aromatic rings. The SMILES string of the molecule is CC1C(N(c2ccccc2)c2cccc(N(c3ccccc3)c3ncnc(N(c4ccccc4)C4C=CC=C(CCc5ccccc5)C4C)n3)c2)=CC=CC1N(c1ccccc1)c1cccc(N(c2ccccc2)c2cccc(N)c2)c1. The molecule has 9 heteroatoms. The van der Waals surface area contributed by atoms with Crippen LogP contribution in [0.3, 0.4) is 0 Å². The molecule has 1 heterocycles. The molecule has 0 saturated carbocycles. The molecule has 82 heavy (non-hydrogen) atoms. The van der Waals surface area contributed by atoms with E-state index in [4.69, 9.17) is 20.7 Å². The molecule has 0 spiro atoms. The van der Waals surface area contributed by atoms with Crippen molar-refractivity contribution in [1.29, 1.82) is 0 Å². The Kier molecular flexibility index (Phi) is 15.6. The molecule has 9 nitrogen and oxygen atoms in total. The van der Waals surface area contributed by atoms with Crippen molar-refractivity contribution in [3.05, 3.63) is 314 Å². The van der Waals surface area contributed by atoms with E-state index in [1.54, 1.807) is 6.33 Å². The normalized spacial score (nSPS) is 16.4. The van der Waals surface area contributed by atoms with E-state index in [-0.39, 0.29) is 23.9 Å². The van der Waals surface area contributed by atoms with Gasteiger partial charge in [-0.15, -0.1) is 0 Å². The Morgan fingerprint density at radius 2 is 0.793 bits per heavy atom. The molecule has 4 atom stereocenters. The lowest BCUT2D eigenvalue weighted by Crippen LogP contribution is -2.40. The minimum absolute atomic E-state index is 0.0258. The van der Waals surface area contributed by atoms with Crippen LogP contribution in [0.15, 0.2) is 309 Å². The summed E-state index contributed by atoms with van der Waals surface area (Å²) < 4.78 is 0. The zero-order chi connectivity index (χ0) is 55.6. The molecular weight excluding hydrogens is 1000 g/mol. The van der Waals surface area contributed by atoms with Gasteiger partial charge >= 0.3 is 0 Å². The number of aromatic nitrogens is 3. The number of anilines is 13. The topological polar surface area (TPSA) is 80.9 Å². The quantitative estimate of drug-likeness (QED) is 0.0845. The molecule has 0 fully saturated rings. The van der Waals surface area contributed by atoms with Gasteiger partial charge in [-0.3, -0.25) is 4.90 Å². The van der Waals surface area contributed by atoms with Crippen molar-refractivity contribution in [3.8, 4) is 0 Å². The maximum absolute atomic E-state index is 6.43. The highest BCUT2D eigenvalue weighted by Gasteiger charge is 2.34. The summed E-state index contributed by atoms with van der Waals surface area (Å²) in [6.45, 7) is 4.67. The molecule has 2 N–H and O–H groups in total. The van der Waals surface area contributed by atoms with Crippen LogP contribution in [-0.2, 0) is 6.42 Å². The van der Waals surface area contributed by atoms with Gasteiger partial charge < -0.3 is 25.3 Å². The van der Waals surface area contributed by atoms with Gasteiger partial charge in [-0.05, 0) is 140 Å². The average molecular weight is 1070 g/mol. The average Bonchev–Trinajstić information content (AvgIpc) is 3.32. The first-order valence-corrected chi connectivity index (χ1v) is 28.2. The Balaban J connectivity index is 0.912. The lowest BCUT2D eigenvalue weighted by Gasteiger charge is -2.42. The number of aryl methyl sites for hydroxylation is 1. The number of rotatable bonds is 18. The Morgan fingerprint density at radius 3 is 1.39 bits per heavy atom. The minimum atomic E-state index is -0.0984. The van der Waals surface area contributed by atoms with Crippen molar-refractivity contribution in [2.45, 2.75) is 38.8 Å². The molecule has 0 aliphatic heterocycles. The Morgan fingerprint density at radius 1 is 0.366 bits per heavy atom. The fourth-order valence-electron chi connectivity index (χ4n) is 11.6. The van der Waals surface area contributed by atoms with Crippen LogP contribution < -0.4 is 30.2 Å². The number of allylic oxidation sites excluding steroid dienone is 4. The number of nitrogen functional groups attached to an aromatic ring is 1. The molecule has 12 rings (SSSR count). The zero-order valence-electron chi connectivity index (χ0n) is 46.2. The third-order valence-electron chi connectivity index (χ3n) is 15.6. The fraction of sp³-hybridized carbons (Fsp3) is 0.110. The van der Waals surface area contributed by atoms with Crippen LogP contribution in [0.4, 0.5) is 74.5 Å². The number of nitrogens with zero attached hydrogens (tertiary/aromatic N) is 8. The summed E-state index contributed by atoms with van der Waals surface area (Å²) in [6, 6.07) is 89.0. The molecule has 4 unspecified atom stereocenters. The maximum atomic E-state index is 6.43. The molecule has 402 valence electrons. The first kappa shape index (κ1) is 52.4. The molecule has 2 aliphatic carbocycles. The van der Waals surface area contributed by atoms with Gasteiger partial charge in [0.15, 0.2) is 0 Å². The fourth-order valence-corrected chi connectivity index (χ4v) is 11.6. The summed E-state index contributed by atoms with van der Waals surface area (Å²) in [6.07, 6.45) is 17.2. The van der Waals surface area contributed by atoms with Gasteiger partial charge in [0, 0.05) is 74.4 Å². The first-order chi connectivity index (χ1) is 40.4. The highest BCUT2D eigenvalue weighted by molar-refractivity contribution is 5.83. The third kappa shape index (κ3) is 11.3. The summed E-state index contributed by atoms with van der Waals surface area (Å²) in [5.74, 6) is 1.22. The monoisotopic (exact) mass is 1070 g/mol. The number of para-hydroxylation sites is 5. The van der Waals surface area contributed by atoms with Crippen LogP contribution in [0.5, 0.6) is 0 Å². The van der Waals surface area contributed by atoms with Gasteiger partial charge in [0.1, 0.15) is 6.33 Å². The van der Waals surface area contributed by atoms with Crippen LogP contribution in [0.2, 0.25) is 0 Å². The van der Waals surface area contributed by atoms with Crippen LogP contribution in [0, 0.1) is 11.8 Å². The largest absolute Gasteiger partial charge is 0.399 e. The Bertz CT molecular complexity index is 3850. The second-order valence-electron chi connectivity index (χ2n) is 20.8. The number of hydrogen-bond acceptors (Lipinski definition) is 9. The van der Waals surface area contributed by atoms with Crippen molar-refractivity contribution in [1.82, 2.24) is 15.0 Å². The number of hydrogen-bond donors (Lipinski definition) is 1. The highest BCUT2D eigenvalue weighted by Crippen LogP contribution is 2.45. The van der Waals surface area contributed by atoms with E-state index in [2.05, 4.69) is 299 Å². The molecule has 0 amide bonds. The number of nitrogens with two attached hydrogens (primary N) is 1. The van der Waals surface area contributed by atoms with Crippen molar-refractivity contribution >= 4 is 74.5 Å². The lowest BCUT2D eigenvalue weighted by molar-refractivity contribution is 0.550. The van der Waals surface area contributed by atoms with Crippen LogP contribution in [-0.4, -0.2) is 27.0 Å². The van der Waals surface area contributed by atoms with E-state index >= 15 is 0 Å². The predicted molar refractivity (Wildman–Crippen MR) is 341 cm³/mol. The second kappa shape index (κ2) is 24.4. The van der Waals surface area contributed by atoms with Crippen molar-refractivity contribution in [3.63, 3.8) is 0 Å². The predicted octanol–water partition coefficient (Wildman–Crippen LogP) is 18.1. The summed E-state index contributed by atoms with van der Waals surface area (Å²) in [7, 11) is 0. The van der Waals surface area contributed by atoms with E-state index in [9.17, 15) is 0 Å². The van der Waals surface area contributed by atoms with E-state index in [0.29, 0.717) is 17.6 Å². The molecule has 1 aromatic heterocycles. The minimum Gasteiger partial charge on any atom is -0.399 e. The first-order valence-electron chi connectivity index (χ1n) is 28.2. The molecule has 0 saturated heterocycles. The van der Waals surface area contributed by atoms with Crippen molar-refractivity contribution in [2.24, 2.45) is 11.8 Å². The van der Waals surface area contributed by atoms with Crippen LogP contribution >= 0.6 is 0 Å². The Labute approximate surface area is 482 Å². The van der Waals surface area contributed by atoms with Gasteiger partial charge in [0.05, 0.1) is 17.8 Å². The smallest absolute Gasteiger partial charge is 0.239 e. The van der Waals surface area contributed by atoms with E-state index in [1.165, 1.54) is 11.1 Å². The summed E-state index contributed by atoms with van der Waals surface area (Å²) in [5.41, 5.74) is 21.0. The van der Waals surface area contributed by atoms with Gasteiger partial charge in [0.2, 0.25) is 11.9 Å². The van der Waals surface area contributed by atoms with E-state index in [1.807, 2.05) is 30.3 Å². The summed E-state index contributed by atoms with van der Waals surface area (Å²) in [5, 5.41) is 0. The standard InChI is InChI=1S/C73H65N9/c1-54-57(49-48-56-26-9-3-10-27-56)28-21-45-69(54)82(63-38-19-8-20-39-63)73-76-53-75-72(77-73)81(62-36-17-7-18-37-62)68-44-24-43-67(52-68)80(61-34-15-6-16-35-61)71-47-25-46-70(55(71)2)79(60-32-13-5-14-33-60)66-42-23-41-65(51-66)78(59-30-11-4-12-31-59)64-40-22-29-58(74)50-64/h3-47,50-55,69-70H,48-49,74H2,1-2H3. The highest BCUT2D eigenvalue weighted by atomic mass is 15.4. The van der Waals surface area contributed by atoms with Gasteiger partial charge in [0.25, 0.3) is 0 Å². The zero-order valence-corrected chi connectivity index (χ0v) is 46.2. The molecule has 0 radical (unpaired) electrons. The number of benzene rings is 9. The second-order valence-corrected chi connectivity index (χ2v) is 20.8. The van der Waals surface area contributed by atoms with Crippen molar-refractivity contribution in [2.75, 3.05) is 30.2 Å².